The first-order valence-electron chi connectivity index (χ1n) is 10.9. The lowest BCUT2D eigenvalue weighted by Gasteiger charge is -2.42. The van der Waals surface area contributed by atoms with Gasteiger partial charge in [-0.05, 0) is 37.5 Å². The Morgan fingerprint density at radius 2 is 2.06 bits per heavy atom. The molecule has 3 aromatic rings. The Balaban J connectivity index is 1.32. The minimum atomic E-state index is -0.962. The first-order chi connectivity index (χ1) is 15.5. The number of fused-ring (bicyclic) bond motifs is 1. The fraction of sp³-hybridized carbons (Fsp3) is 0.435. The summed E-state index contributed by atoms with van der Waals surface area (Å²) in [5.74, 6) is 0.577. The molecule has 0 saturated carbocycles. The SMILES string of the molecule is CN(C[C@@]1(O)CCCN(c2ccnc3ccncc23)C1)C(=O)CCCNc1ncccn1. The second kappa shape index (κ2) is 9.86. The minimum absolute atomic E-state index is 0.0184. The lowest BCUT2D eigenvalue weighted by molar-refractivity contribution is -0.133. The molecule has 0 aromatic carbocycles. The third-order valence-corrected chi connectivity index (χ3v) is 5.79. The zero-order chi connectivity index (χ0) is 22.4. The Morgan fingerprint density at radius 1 is 1.22 bits per heavy atom. The fourth-order valence-corrected chi connectivity index (χ4v) is 4.25. The Labute approximate surface area is 187 Å². The molecular formula is C23H29N7O2. The van der Waals surface area contributed by atoms with Crippen molar-refractivity contribution in [3.05, 3.63) is 49.2 Å². The third kappa shape index (κ3) is 5.28. The summed E-state index contributed by atoms with van der Waals surface area (Å²) in [4.78, 5) is 33.3. The van der Waals surface area contributed by atoms with Crippen LogP contribution in [0.25, 0.3) is 10.9 Å². The number of hydrogen-bond donors (Lipinski definition) is 2. The number of aliphatic hydroxyl groups is 1. The van der Waals surface area contributed by atoms with Crippen molar-refractivity contribution in [2.75, 3.05) is 43.4 Å². The Hall–Kier alpha value is -3.33. The average molecular weight is 436 g/mol. The highest BCUT2D eigenvalue weighted by Crippen LogP contribution is 2.31. The number of β-amino-alcohol motifs (C(OH)–C–C–N with tert-alkyl or cyclic N) is 1. The quantitative estimate of drug-likeness (QED) is 0.518. The van der Waals surface area contributed by atoms with Gasteiger partial charge >= 0.3 is 0 Å². The predicted molar refractivity (Wildman–Crippen MR) is 123 cm³/mol. The van der Waals surface area contributed by atoms with Gasteiger partial charge in [0, 0.05) is 75.2 Å². The number of anilines is 2. The highest BCUT2D eigenvalue weighted by molar-refractivity contribution is 5.90. The maximum atomic E-state index is 12.6. The van der Waals surface area contributed by atoms with Gasteiger partial charge in [-0.25, -0.2) is 9.97 Å². The molecule has 2 N–H and O–H groups in total. The van der Waals surface area contributed by atoms with E-state index < -0.39 is 5.60 Å². The van der Waals surface area contributed by atoms with E-state index in [1.165, 1.54) is 0 Å². The number of rotatable bonds is 8. The van der Waals surface area contributed by atoms with Crippen molar-refractivity contribution in [2.24, 2.45) is 0 Å². The molecule has 0 bridgehead atoms. The fourth-order valence-electron chi connectivity index (χ4n) is 4.25. The van der Waals surface area contributed by atoms with Gasteiger partial charge in [0.2, 0.25) is 11.9 Å². The van der Waals surface area contributed by atoms with E-state index in [4.69, 9.17) is 0 Å². The Morgan fingerprint density at radius 3 is 2.91 bits per heavy atom. The van der Waals surface area contributed by atoms with Gasteiger partial charge in [0.25, 0.3) is 0 Å². The average Bonchev–Trinajstić information content (AvgIpc) is 2.81. The molecule has 0 radical (unpaired) electrons. The van der Waals surface area contributed by atoms with E-state index in [1.807, 2.05) is 18.3 Å². The van der Waals surface area contributed by atoms with Gasteiger partial charge in [-0.15, -0.1) is 0 Å². The first kappa shape index (κ1) is 21.9. The summed E-state index contributed by atoms with van der Waals surface area (Å²) in [7, 11) is 1.76. The number of likely N-dealkylation sites (N-methyl/N-ethyl adjacent to an activating group) is 1. The van der Waals surface area contributed by atoms with Crippen molar-refractivity contribution in [1.82, 2.24) is 24.8 Å². The second-order valence-corrected chi connectivity index (χ2v) is 8.32. The Bertz CT molecular complexity index is 1040. The molecule has 0 aliphatic carbocycles. The highest BCUT2D eigenvalue weighted by atomic mass is 16.3. The van der Waals surface area contributed by atoms with Crippen molar-refractivity contribution in [1.29, 1.82) is 0 Å². The highest BCUT2D eigenvalue weighted by Gasteiger charge is 2.35. The van der Waals surface area contributed by atoms with Crippen LogP contribution in [0.15, 0.2) is 49.2 Å². The molecule has 4 rings (SSSR count). The van der Waals surface area contributed by atoms with Crippen molar-refractivity contribution < 1.29 is 9.90 Å². The molecule has 32 heavy (non-hydrogen) atoms. The largest absolute Gasteiger partial charge is 0.386 e. The number of aromatic nitrogens is 4. The standard InChI is InChI=1S/C23H29N7O2/c1-29(21(31)5-2-9-26-22-27-10-4-11-28-22)16-23(32)8-3-14-30(17-23)20-7-13-25-19-6-12-24-15-18(19)20/h4,6-7,10-13,15,32H,2-3,5,8-9,14,16-17H2,1H3,(H,26,27,28)/t23-/m0/s1. The van der Waals surface area contributed by atoms with Gasteiger partial charge in [0.05, 0.1) is 17.7 Å². The molecule has 0 unspecified atom stereocenters. The van der Waals surface area contributed by atoms with Gasteiger partial charge in [-0.3, -0.25) is 14.8 Å². The van der Waals surface area contributed by atoms with Gasteiger partial charge in [-0.2, -0.15) is 0 Å². The molecule has 3 aromatic heterocycles. The summed E-state index contributed by atoms with van der Waals surface area (Å²) in [5.41, 5.74) is 0.939. The molecule has 1 fully saturated rings. The third-order valence-electron chi connectivity index (χ3n) is 5.79. The van der Waals surface area contributed by atoms with Crippen LogP contribution in [0, 0.1) is 0 Å². The van der Waals surface area contributed by atoms with Crippen molar-refractivity contribution >= 4 is 28.4 Å². The number of carbonyl (C=O) groups is 1. The Kier molecular flexibility index (Phi) is 6.75. The number of nitrogens with one attached hydrogen (secondary N) is 1. The minimum Gasteiger partial charge on any atom is -0.386 e. The molecule has 4 heterocycles. The lowest BCUT2D eigenvalue weighted by atomic mass is 9.91. The van der Waals surface area contributed by atoms with Crippen LogP contribution >= 0.6 is 0 Å². The zero-order valence-electron chi connectivity index (χ0n) is 18.3. The van der Waals surface area contributed by atoms with Crippen LogP contribution in [0.5, 0.6) is 0 Å². The molecule has 1 amide bonds. The van der Waals surface area contributed by atoms with E-state index in [2.05, 4.69) is 30.2 Å². The summed E-state index contributed by atoms with van der Waals surface area (Å²) in [6.45, 7) is 2.23. The number of amides is 1. The molecule has 0 spiro atoms. The summed E-state index contributed by atoms with van der Waals surface area (Å²) < 4.78 is 0. The molecule has 1 aliphatic heterocycles. The normalized spacial score (nSPS) is 18.5. The topological polar surface area (TPSA) is 107 Å². The lowest BCUT2D eigenvalue weighted by Crippen LogP contribution is -2.54. The molecule has 9 heteroatoms. The van der Waals surface area contributed by atoms with Crippen LogP contribution in [0.3, 0.4) is 0 Å². The van der Waals surface area contributed by atoms with Crippen LogP contribution in [-0.2, 0) is 4.79 Å². The monoisotopic (exact) mass is 435 g/mol. The molecule has 1 aliphatic rings. The maximum Gasteiger partial charge on any atom is 0.222 e. The van der Waals surface area contributed by atoms with E-state index in [0.717, 1.165) is 29.6 Å². The van der Waals surface area contributed by atoms with E-state index in [9.17, 15) is 9.90 Å². The number of nitrogens with zero attached hydrogens (tertiary/aromatic N) is 6. The van der Waals surface area contributed by atoms with Crippen LogP contribution in [0.4, 0.5) is 11.6 Å². The maximum absolute atomic E-state index is 12.6. The van der Waals surface area contributed by atoms with E-state index in [-0.39, 0.29) is 5.91 Å². The summed E-state index contributed by atoms with van der Waals surface area (Å²) in [6, 6.07) is 5.61. The summed E-state index contributed by atoms with van der Waals surface area (Å²) >= 11 is 0. The number of pyridine rings is 2. The second-order valence-electron chi connectivity index (χ2n) is 8.32. The van der Waals surface area contributed by atoms with Crippen LogP contribution in [0.2, 0.25) is 0 Å². The summed E-state index contributed by atoms with van der Waals surface area (Å²) in [6.07, 6.45) is 11.3. The molecule has 9 nitrogen and oxygen atoms in total. The molecule has 1 atom stereocenters. The van der Waals surface area contributed by atoms with Gasteiger partial charge in [-0.1, -0.05) is 0 Å². The van der Waals surface area contributed by atoms with Crippen molar-refractivity contribution in [3.8, 4) is 0 Å². The number of hydrogen-bond acceptors (Lipinski definition) is 8. The van der Waals surface area contributed by atoms with Crippen LogP contribution in [-0.4, -0.2) is 74.7 Å². The van der Waals surface area contributed by atoms with Gasteiger partial charge in [0.1, 0.15) is 0 Å². The molecule has 1 saturated heterocycles. The smallest absolute Gasteiger partial charge is 0.222 e. The van der Waals surface area contributed by atoms with Crippen LogP contribution < -0.4 is 10.2 Å². The van der Waals surface area contributed by atoms with E-state index >= 15 is 0 Å². The predicted octanol–water partition coefficient (Wildman–Crippen LogP) is 2.10. The van der Waals surface area contributed by atoms with Crippen molar-refractivity contribution in [3.63, 3.8) is 0 Å². The van der Waals surface area contributed by atoms with E-state index in [1.54, 1.807) is 42.8 Å². The number of carbonyl (C=O) groups excluding carboxylic acids is 1. The van der Waals surface area contributed by atoms with Crippen LogP contribution in [0.1, 0.15) is 25.7 Å². The van der Waals surface area contributed by atoms with E-state index in [0.29, 0.717) is 44.8 Å². The van der Waals surface area contributed by atoms with Gasteiger partial charge < -0.3 is 20.2 Å². The van der Waals surface area contributed by atoms with Crippen molar-refractivity contribution in [2.45, 2.75) is 31.3 Å². The molecule has 168 valence electrons. The summed E-state index contributed by atoms with van der Waals surface area (Å²) in [5, 5.41) is 15.4. The first-order valence-corrected chi connectivity index (χ1v) is 10.9. The number of piperidine rings is 1. The van der Waals surface area contributed by atoms with Gasteiger partial charge in [0.15, 0.2) is 0 Å². The zero-order valence-corrected chi connectivity index (χ0v) is 18.3. The molecular weight excluding hydrogens is 406 g/mol.